The summed E-state index contributed by atoms with van der Waals surface area (Å²) in [5, 5.41) is 3.28. The van der Waals surface area contributed by atoms with Gasteiger partial charge in [-0.1, -0.05) is 0 Å². The van der Waals surface area contributed by atoms with Gasteiger partial charge in [0.15, 0.2) is 0 Å². The number of amides is 1. The van der Waals surface area contributed by atoms with Crippen molar-refractivity contribution in [3.63, 3.8) is 0 Å². The second-order valence-electron chi connectivity index (χ2n) is 4.88. The number of carbonyl (C=O) groups excluding carboxylic acids is 1. The number of nitrogens with one attached hydrogen (secondary N) is 1. The van der Waals surface area contributed by atoms with Crippen molar-refractivity contribution in [2.75, 3.05) is 38.8 Å². The first-order valence-corrected chi connectivity index (χ1v) is 7.46. The fraction of sp³-hybridized carbons (Fsp3) is 0.917. The fourth-order valence-corrected chi connectivity index (χ4v) is 3.92. The number of methoxy groups -OCH3 is 1. The molecule has 1 unspecified atom stereocenters. The Labute approximate surface area is 107 Å². The van der Waals surface area contributed by atoms with Crippen LogP contribution in [0.5, 0.6) is 0 Å². The molecule has 0 bridgehead atoms. The van der Waals surface area contributed by atoms with E-state index in [9.17, 15) is 4.79 Å². The topological polar surface area (TPSA) is 41.6 Å². The Kier molecular flexibility index (Phi) is 4.33. The summed E-state index contributed by atoms with van der Waals surface area (Å²) in [7, 11) is 3.60. The second-order valence-corrected chi connectivity index (χ2v) is 6.03. The van der Waals surface area contributed by atoms with E-state index in [1.807, 2.05) is 23.7 Å². The SMILES string of the molecule is COC1(C(=O)N(C)C2CCSC2)CCNCC1. The number of rotatable bonds is 3. The van der Waals surface area contributed by atoms with E-state index in [1.54, 1.807) is 7.11 Å². The van der Waals surface area contributed by atoms with Crippen molar-refractivity contribution in [1.29, 1.82) is 0 Å². The fourth-order valence-electron chi connectivity index (χ4n) is 2.65. The Balaban J connectivity index is 2.04. The average Bonchev–Trinajstić information content (AvgIpc) is 2.91. The molecule has 0 radical (unpaired) electrons. The van der Waals surface area contributed by atoms with Gasteiger partial charge in [0.1, 0.15) is 5.60 Å². The van der Waals surface area contributed by atoms with E-state index in [1.165, 1.54) is 5.75 Å². The molecular weight excluding hydrogens is 236 g/mol. The van der Waals surface area contributed by atoms with Crippen molar-refractivity contribution in [1.82, 2.24) is 10.2 Å². The van der Waals surface area contributed by atoms with Gasteiger partial charge in [-0.15, -0.1) is 0 Å². The van der Waals surface area contributed by atoms with E-state index in [2.05, 4.69) is 5.32 Å². The van der Waals surface area contributed by atoms with Gasteiger partial charge in [0.2, 0.25) is 0 Å². The molecule has 1 N–H and O–H groups in total. The van der Waals surface area contributed by atoms with E-state index in [4.69, 9.17) is 4.74 Å². The average molecular weight is 258 g/mol. The number of hydrogen-bond donors (Lipinski definition) is 1. The van der Waals surface area contributed by atoms with Crippen LogP contribution < -0.4 is 5.32 Å². The molecule has 2 rings (SSSR count). The third-order valence-electron chi connectivity index (χ3n) is 3.97. The minimum Gasteiger partial charge on any atom is -0.368 e. The first-order chi connectivity index (χ1) is 8.19. The lowest BCUT2D eigenvalue weighted by atomic mass is 9.90. The first-order valence-electron chi connectivity index (χ1n) is 6.30. The van der Waals surface area contributed by atoms with Crippen LogP contribution in [-0.4, -0.2) is 61.2 Å². The normalized spacial score (nSPS) is 28.0. The van der Waals surface area contributed by atoms with Crippen molar-refractivity contribution < 1.29 is 9.53 Å². The Bertz CT molecular complexity index is 274. The molecule has 1 atom stereocenters. The van der Waals surface area contributed by atoms with E-state index >= 15 is 0 Å². The number of piperidine rings is 1. The van der Waals surface area contributed by atoms with E-state index in [0.717, 1.165) is 38.1 Å². The van der Waals surface area contributed by atoms with Crippen LogP contribution in [0.2, 0.25) is 0 Å². The number of ether oxygens (including phenoxy) is 1. The smallest absolute Gasteiger partial charge is 0.254 e. The van der Waals surface area contributed by atoms with Gasteiger partial charge < -0.3 is 15.0 Å². The van der Waals surface area contributed by atoms with Gasteiger partial charge >= 0.3 is 0 Å². The predicted molar refractivity (Wildman–Crippen MR) is 70.3 cm³/mol. The van der Waals surface area contributed by atoms with E-state index in [-0.39, 0.29) is 5.91 Å². The highest BCUT2D eigenvalue weighted by Gasteiger charge is 2.43. The molecule has 1 amide bonds. The van der Waals surface area contributed by atoms with Crippen molar-refractivity contribution in [2.24, 2.45) is 0 Å². The van der Waals surface area contributed by atoms with Gasteiger partial charge in [-0.2, -0.15) is 11.8 Å². The van der Waals surface area contributed by atoms with Crippen LogP contribution in [0.15, 0.2) is 0 Å². The van der Waals surface area contributed by atoms with Crippen molar-refractivity contribution in [2.45, 2.75) is 30.9 Å². The summed E-state index contributed by atoms with van der Waals surface area (Å²) in [6.45, 7) is 1.74. The largest absolute Gasteiger partial charge is 0.368 e. The molecule has 0 spiro atoms. The van der Waals surface area contributed by atoms with Gasteiger partial charge in [0, 0.05) is 26.0 Å². The maximum atomic E-state index is 12.6. The van der Waals surface area contributed by atoms with Crippen LogP contribution in [0.4, 0.5) is 0 Å². The summed E-state index contributed by atoms with van der Waals surface area (Å²) in [4.78, 5) is 14.5. The molecule has 17 heavy (non-hydrogen) atoms. The minimum atomic E-state index is -0.576. The molecule has 2 heterocycles. The molecule has 2 saturated heterocycles. The number of nitrogens with zero attached hydrogens (tertiary/aromatic N) is 1. The molecule has 0 aliphatic carbocycles. The summed E-state index contributed by atoms with van der Waals surface area (Å²) in [5.74, 6) is 2.42. The monoisotopic (exact) mass is 258 g/mol. The molecule has 4 nitrogen and oxygen atoms in total. The Morgan fingerprint density at radius 3 is 2.71 bits per heavy atom. The van der Waals surface area contributed by atoms with Crippen molar-refractivity contribution in [3.05, 3.63) is 0 Å². The summed E-state index contributed by atoms with van der Waals surface area (Å²) in [5.41, 5.74) is -0.576. The van der Waals surface area contributed by atoms with Gasteiger partial charge in [0.25, 0.3) is 5.91 Å². The van der Waals surface area contributed by atoms with E-state index in [0.29, 0.717) is 6.04 Å². The lowest BCUT2D eigenvalue weighted by molar-refractivity contribution is -0.158. The van der Waals surface area contributed by atoms with Crippen LogP contribution >= 0.6 is 11.8 Å². The maximum absolute atomic E-state index is 12.6. The third-order valence-corrected chi connectivity index (χ3v) is 5.11. The standard InChI is InChI=1S/C12H22N2O2S/c1-14(10-3-8-17-9-10)11(15)12(16-2)4-6-13-7-5-12/h10,13H,3-9H2,1-2H3. The zero-order chi connectivity index (χ0) is 12.3. The minimum absolute atomic E-state index is 0.175. The molecule has 5 heteroatoms. The third kappa shape index (κ3) is 2.61. The van der Waals surface area contributed by atoms with Gasteiger partial charge in [0.05, 0.1) is 0 Å². The highest BCUT2D eigenvalue weighted by Crippen LogP contribution is 2.28. The highest BCUT2D eigenvalue weighted by molar-refractivity contribution is 7.99. The Morgan fingerprint density at radius 1 is 1.47 bits per heavy atom. The lowest BCUT2D eigenvalue weighted by Gasteiger charge is -2.39. The zero-order valence-corrected chi connectivity index (χ0v) is 11.5. The van der Waals surface area contributed by atoms with Crippen LogP contribution in [0.25, 0.3) is 0 Å². The summed E-state index contributed by atoms with van der Waals surface area (Å²) in [6, 6.07) is 0.398. The Morgan fingerprint density at radius 2 is 2.18 bits per heavy atom. The molecular formula is C12H22N2O2S. The number of likely N-dealkylation sites (N-methyl/N-ethyl adjacent to an activating group) is 1. The molecule has 0 aromatic rings. The van der Waals surface area contributed by atoms with Crippen molar-refractivity contribution >= 4 is 17.7 Å². The molecule has 98 valence electrons. The number of thioether (sulfide) groups is 1. The predicted octanol–water partition coefficient (Wildman–Crippen LogP) is 0.719. The van der Waals surface area contributed by atoms with Crippen LogP contribution in [0.3, 0.4) is 0 Å². The number of hydrogen-bond acceptors (Lipinski definition) is 4. The molecule has 2 aliphatic rings. The quantitative estimate of drug-likeness (QED) is 0.810. The van der Waals surface area contributed by atoms with Gasteiger partial charge in [-0.25, -0.2) is 0 Å². The summed E-state index contributed by atoms with van der Waals surface area (Å²) < 4.78 is 5.58. The molecule has 0 saturated carbocycles. The Hall–Kier alpha value is -0.260. The van der Waals surface area contributed by atoms with E-state index < -0.39 is 5.60 Å². The van der Waals surface area contributed by atoms with Crippen LogP contribution in [0, 0.1) is 0 Å². The number of carbonyl (C=O) groups is 1. The lowest BCUT2D eigenvalue weighted by Crippen LogP contribution is -2.56. The summed E-state index contributed by atoms with van der Waals surface area (Å²) in [6.07, 6.45) is 2.68. The van der Waals surface area contributed by atoms with Gasteiger partial charge in [-0.05, 0) is 38.1 Å². The van der Waals surface area contributed by atoms with Crippen LogP contribution in [0.1, 0.15) is 19.3 Å². The second kappa shape index (κ2) is 5.59. The first kappa shape index (κ1) is 13.2. The highest BCUT2D eigenvalue weighted by atomic mass is 32.2. The van der Waals surface area contributed by atoms with Gasteiger partial charge in [-0.3, -0.25) is 4.79 Å². The summed E-state index contributed by atoms with van der Waals surface area (Å²) >= 11 is 1.93. The van der Waals surface area contributed by atoms with Crippen LogP contribution in [-0.2, 0) is 9.53 Å². The maximum Gasteiger partial charge on any atom is 0.254 e. The molecule has 0 aromatic carbocycles. The molecule has 2 fully saturated rings. The zero-order valence-electron chi connectivity index (χ0n) is 10.7. The molecule has 0 aromatic heterocycles. The van der Waals surface area contributed by atoms with Crippen molar-refractivity contribution in [3.8, 4) is 0 Å². The molecule has 2 aliphatic heterocycles.